The lowest BCUT2D eigenvalue weighted by molar-refractivity contribution is 0.500. The zero-order valence-corrected chi connectivity index (χ0v) is 10.7. The third kappa shape index (κ3) is 2.56. The minimum atomic E-state index is -1.37. The van der Waals surface area contributed by atoms with Crippen LogP contribution in [0.3, 0.4) is 0 Å². The zero-order chi connectivity index (χ0) is 10.6. The van der Waals surface area contributed by atoms with Crippen molar-refractivity contribution in [2.45, 2.75) is 13.1 Å². The molecule has 1 aliphatic carbocycles. The molecule has 0 heterocycles. The molecule has 2 nitrogen and oxygen atoms in total. The fourth-order valence-electron chi connectivity index (χ4n) is 1.56. The van der Waals surface area contributed by atoms with Crippen molar-refractivity contribution in [1.29, 1.82) is 0 Å². The molecule has 0 aromatic carbocycles. The summed E-state index contributed by atoms with van der Waals surface area (Å²) in [6.45, 7) is 6.99. The largest absolute Gasteiger partial charge is 0.322 e. The van der Waals surface area contributed by atoms with E-state index in [9.17, 15) is 0 Å². The highest BCUT2D eigenvalue weighted by atomic mass is 28.3. The lowest BCUT2D eigenvalue weighted by atomic mass is 10.5. The molecule has 3 heteroatoms. The van der Waals surface area contributed by atoms with E-state index >= 15 is 0 Å². The van der Waals surface area contributed by atoms with Crippen LogP contribution in [0.5, 0.6) is 0 Å². The van der Waals surface area contributed by atoms with Crippen molar-refractivity contribution in [2.75, 3.05) is 27.2 Å². The number of nitrogens with zero attached hydrogens (tertiary/aromatic N) is 1. The van der Waals surface area contributed by atoms with E-state index in [0.29, 0.717) is 0 Å². The van der Waals surface area contributed by atoms with Gasteiger partial charge in [0, 0.05) is 19.5 Å². The summed E-state index contributed by atoms with van der Waals surface area (Å²) in [5, 5.41) is 4.72. The molecule has 0 amide bonds. The molecule has 0 atom stereocenters. The summed E-state index contributed by atoms with van der Waals surface area (Å²) in [6.07, 6.45) is 8.77. The highest BCUT2D eigenvalue weighted by Gasteiger charge is 2.30. The molecular formula is C11H21N2Si. The summed E-state index contributed by atoms with van der Waals surface area (Å²) in [4.78, 5) is 0. The van der Waals surface area contributed by atoms with Crippen molar-refractivity contribution in [3.63, 3.8) is 0 Å². The second-order valence-electron chi connectivity index (χ2n) is 4.26. The maximum atomic E-state index is 3.20. The Labute approximate surface area is 88.8 Å². The van der Waals surface area contributed by atoms with E-state index in [4.69, 9.17) is 0 Å². The van der Waals surface area contributed by atoms with Crippen molar-refractivity contribution < 1.29 is 0 Å². The first kappa shape index (κ1) is 11.7. The molecule has 79 valence electrons. The summed E-state index contributed by atoms with van der Waals surface area (Å²) in [7, 11) is 2.86. The minimum absolute atomic E-state index is 1.06. The number of allylic oxidation sites excluding steroid dienone is 4. The summed E-state index contributed by atoms with van der Waals surface area (Å²) >= 11 is 0. The van der Waals surface area contributed by atoms with E-state index in [0.717, 1.165) is 13.1 Å². The number of rotatable bonds is 5. The second-order valence-corrected chi connectivity index (χ2v) is 8.72. The van der Waals surface area contributed by atoms with Gasteiger partial charge in [0.25, 0.3) is 0 Å². The van der Waals surface area contributed by atoms with Gasteiger partial charge in [-0.1, -0.05) is 36.5 Å². The molecule has 0 aromatic rings. The van der Waals surface area contributed by atoms with Crippen LogP contribution < -0.4 is 5.32 Å². The fraction of sp³-hybridized carbons (Fsp3) is 0.545. The lowest BCUT2D eigenvalue weighted by Gasteiger charge is -2.34. The van der Waals surface area contributed by atoms with Crippen molar-refractivity contribution in [1.82, 2.24) is 9.88 Å². The quantitative estimate of drug-likeness (QED) is 0.692. The van der Waals surface area contributed by atoms with Gasteiger partial charge in [0.05, 0.1) is 0 Å². The van der Waals surface area contributed by atoms with Gasteiger partial charge in [0.15, 0.2) is 8.24 Å². The van der Waals surface area contributed by atoms with Crippen LogP contribution in [0.15, 0.2) is 23.4 Å². The molecule has 0 saturated heterocycles. The molecular weight excluding hydrogens is 188 g/mol. The van der Waals surface area contributed by atoms with Crippen molar-refractivity contribution in [3.05, 3.63) is 29.8 Å². The van der Waals surface area contributed by atoms with Gasteiger partial charge in [-0.2, -0.15) is 0 Å². The molecule has 1 aliphatic rings. The Morgan fingerprint density at radius 3 is 2.57 bits per heavy atom. The zero-order valence-electron chi connectivity index (χ0n) is 9.67. The summed E-state index contributed by atoms with van der Waals surface area (Å²) in [6, 6.07) is 0. The molecule has 0 aromatic heterocycles. The molecule has 1 N–H and O–H groups in total. The smallest absolute Gasteiger partial charge is 0.150 e. The average Bonchev–Trinajstić information content (AvgIpc) is 2.67. The second kappa shape index (κ2) is 4.91. The summed E-state index contributed by atoms with van der Waals surface area (Å²) < 4.78 is 2.51. The van der Waals surface area contributed by atoms with Crippen molar-refractivity contribution in [2.24, 2.45) is 0 Å². The topological polar surface area (TPSA) is 15.3 Å². The van der Waals surface area contributed by atoms with Gasteiger partial charge in [-0.05, 0) is 14.1 Å². The van der Waals surface area contributed by atoms with Crippen LogP contribution in [-0.4, -0.2) is 40.0 Å². The Bertz CT molecular complexity index is 244. The molecule has 1 radical (unpaired) electrons. The third-order valence-electron chi connectivity index (χ3n) is 3.02. The molecule has 0 fully saturated rings. The van der Waals surface area contributed by atoms with E-state index < -0.39 is 8.24 Å². The number of hydrogen-bond acceptors (Lipinski definition) is 2. The maximum Gasteiger partial charge on any atom is 0.150 e. The van der Waals surface area contributed by atoms with Crippen LogP contribution in [0.25, 0.3) is 0 Å². The monoisotopic (exact) mass is 209 g/mol. The Hall–Kier alpha value is -0.383. The molecule has 0 saturated carbocycles. The van der Waals surface area contributed by atoms with Gasteiger partial charge < -0.3 is 9.88 Å². The van der Waals surface area contributed by atoms with Gasteiger partial charge in [0.2, 0.25) is 0 Å². The van der Waals surface area contributed by atoms with E-state index in [1.165, 1.54) is 5.20 Å². The van der Waals surface area contributed by atoms with Gasteiger partial charge in [-0.3, -0.25) is 0 Å². The number of hydrogen-bond donors (Lipinski definition) is 1. The Morgan fingerprint density at radius 1 is 1.36 bits per heavy atom. The van der Waals surface area contributed by atoms with Gasteiger partial charge in [0.1, 0.15) is 0 Å². The predicted molar refractivity (Wildman–Crippen MR) is 65.6 cm³/mol. The molecule has 0 aliphatic heterocycles. The summed E-state index contributed by atoms with van der Waals surface area (Å²) in [5.41, 5.74) is 0. The summed E-state index contributed by atoms with van der Waals surface area (Å²) in [5.74, 6) is 0. The van der Waals surface area contributed by atoms with Crippen molar-refractivity contribution >= 4 is 8.24 Å². The molecule has 0 bridgehead atoms. The first-order chi connectivity index (χ1) is 6.59. The van der Waals surface area contributed by atoms with E-state index in [-0.39, 0.29) is 0 Å². The first-order valence-electron chi connectivity index (χ1n) is 5.17. The van der Waals surface area contributed by atoms with Crippen LogP contribution in [0.2, 0.25) is 13.1 Å². The Balaban J connectivity index is 2.55. The highest BCUT2D eigenvalue weighted by Crippen LogP contribution is 2.24. The number of nitrogens with one attached hydrogen (secondary N) is 1. The standard InChI is InChI=1S/C11H21N2Si/c1-12-9-10-13(2)14(3,4)11-7-5-6-8-11/h5-8,12H,9-10H2,1-4H3. The maximum absolute atomic E-state index is 3.20. The molecule has 0 unspecified atom stereocenters. The van der Waals surface area contributed by atoms with Crippen LogP contribution in [-0.2, 0) is 0 Å². The van der Waals surface area contributed by atoms with Gasteiger partial charge in [-0.25, -0.2) is 0 Å². The Kier molecular flexibility index (Phi) is 4.10. The normalized spacial score (nSPS) is 16.5. The SMILES string of the molecule is CNCCN(C)[Si](C)(C)C1=CC=C[CH]1. The average molecular weight is 209 g/mol. The van der Waals surface area contributed by atoms with Crippen LogP contribution >= 0.6 is 0 Å². The van der Waals surface area contributed by atoms with Crippen LogP contribution in [0, 0.1) is 6.42 Å². The molecule has 1 rings (SSSR count). The van der Waals surface area contributed by atoms with Gasteiger partial charge in [-0.15, -0.1) is 0 Å². The Morgan fingerprint density at radius 2 is 2.07 bits per heavy atom. The first-order valence-corrected chi connectivity index (χ1v) is 8.12. The minimum Gasteiger partial charge on any atom is -0.322 e. The molecule has 14 heavy (non-hydrogen) atoms. The highest BCUT2D eigenvalue weighted by molar-refractivity contribution is 6.82. The third-order valence-corrected chi connectivity index (χ3v) is 6.90. The van der Waals surface area contributed by atoms with Crippen LogP contribution in [0.4, 0.5) is 0 Å². The van der Waals surface area contributed by atoms with E-state index in [1.54, 1.807) is 0 Å². The number of likely N-dealkylation sites (N-methyl/N-ethyl adjacent to an activating group) is 2. The fourth-order valence-corrected chi connectivity index (χ4v) is 3.68. The van der Waals surface area contributed by atoms with Gasteiger partial charge >= 0.3 is 0 Å². The predicted octanol–water partition coefficient (Wildman–Crippen LogP) is 1.58. The molecule has 0 spiro atoms. The van der Waals surface area contributed by atoms with E-state index in [2.05, 4.69) is 54.7 Å². The van der Waals surface area contributed by atoms with Crippen LogP contribution in [0.1, 0.15) is 0 Å². The lowest BCUT2D eigenvalue weighted by Crippen LogP contribution is -2.50. The van der Waals surface area contributed by atoms with Crippen molar-refractivity contribution in [3.8, 4) is 0 Å². The van der Waals surface area contributed by atoms with E-state index in [1.807, 2.05) is 7.05 Å².